The summed E-state index contributed by atoms with van der Waals surface area (Å²) in [5.74, 6) is -0.957. The molecule has 68 heavy (non-hydrogen) atoms. The minimum Gasteiger partial charge on any atom is -0.462 e. The fourth-order valence-electron chi connectivity index (χ4n) is 7.37. The molecular formula is C62H102O6. The van der Waals surface area contributed by atoms with Crippen LogP contribution < -0.4 is 0 Å². The zero-order valence-electron chi connectivity index (χ0n) is 44.1. The van der Waals surface area contributed by atoms with Gasteiger partial charge in [-0.25, -0.2) is 0 Å². The second-order valence-electron chi connectivity index (χ2n) is 18.1. The number of hydrogen-bond donors (Lipinski definition) is 0. The summed E-state index contributed by atoms with van der Waals surface area (Å²) in [6.45, 7) is 6.30. The summed E-state index contributed by atoms with van der Waals surface area (Å²) in [6, 6.07) is 0. The van der Waals surface area contributed by atoms with E-state index in [0.717, 1.165) is 122 Å². The Balaban J connectivity index is 4.30. The Kier molecular flexibility index (Phi) is 52.4. The van der Waals surface area contributed by atoms with E-state index in [9.17, 15) is 14.4 Å². The van der Waals surface area contributed by atoms with Gasteiger partial charge in [-0.1, -0.05) is 220 Å². The molecule has 1 atom stereocenters. The van der Waals surface area contributed by atoms with E-state index < -0.39 is 6.10 Å². The van der Waals surface area contributed by atoms with Crippen molar-refractivity contribution >= 4 is 17.9 Å². The first-order valence-corrected chi connectivity index (χ1v) is 27.9. The molecule has 0 aliphatic rings. The van der Waals surface area contributed by atoms with E-state index in [0.29, 0.717) is 19.3 Å². The maximum absolute atomic E-state index is 12.8. The molecule has 0 aromatic heterocycles. The van der Waals surface area contributed by atoms with Gasteiger partial charge in [0.25, 0.3) is 0 Å². The molecule has 0 heterocycles. The van der Waals surface area contributed by atoms with Crippen LogP contribution in [0.2, 0.25) is 0 Å². The molecule has 0 radical (unpaired) electrons. The van der Waals surface area contributed by atoms with Gasteiger partial charge in [0.2, 0.25) is 0 Å². The lowest BCUT2D eigenvalue weighted by molar-refractivity contribution is -0.167. The van der Waals surface area contributed by atoms with Crippen LogP contribution >= 0.6 is 0 Å². The summed E-state index contributed by atoms with van der Waals surface area (Å²) in [6.07, 6.45) is 75.2. The Bertz CT molecular complexity index is 1410. The van der Waals surface area contributed by atoms with E-state index in [4.69, 9.17) is 14.2 Å². The smallest absolute Gasteiger partial charge is 0.306 e. The highest BCUT2D eigenvalue weighted by Crippen LogP contribution is 2.15. The average Bonchev–Trinajstić information content (AvgIpc) is 3.34. The van der Waals surface area contributed by atoms with Crippen molar-refractivity contribution in [2.75, 3.05) is 13.2 Å². The van der Waals surface area contributed by atoms with Gasteiger partial charge in [-0.05, 0) is 116 Å². The van der Waals surface area contributed by atoms with Gasteiger partial charge in [-0.15, -0.1) is 0 Å². The molecule has 0 N–H and O–H groups in total. The minimum atomic E-state index is -0.804. The highest BCUT2D eigenvalue weighted by molar-refractivity contribution is 5.71. The zero-order valence-corrected chi connectivity index (χ0v) is 44.1. The number of allylic oxidation sites excluding steroid dienone is 18. The van der Waals surface area contributed by atoms with E-state index in [2.05, 4.69) is 130 Å². The average molecular weight is 943 g/mol. The van der Waals surface area contributed by atoms with Gasteiger partial charge in [-0.2, -0.15) is 0 Å². The molecule has 1 unspecified atom stereocenters. The summed E-state index contributed by atoms with van der Waals surface area (Å²) in [5, 5.41) is 0. The van der Waals surface area contributed by atoms with Gasteiger partial charge >= 0.3 is 17.9 Å². The molecular weight excluding hydrogens is 841 g/mol. The third kappa shape index (κ3) is 53.0. The fourth-order valence-corrected chi connectivity index (χ4v) is 7.37. The largest absolute Gasteiger partial charge is 0.462 e. The number of unbranched alkanes of at least 4 members (excludes halogenated alkanes) is 20. The van der Waals surface area contributed by atoms with Gasteiger partial charge in [0.15, 0.2) is 6.10 Å². The van der Waals surface area contributed by atoms with Crippen LogP contribution in [0.1, 0.15) is 245 Å². The highest BCUT2D eigenvalue weighted by atomic mass is 16.6. The van der Waals surface area contributed by atoms with Crippen molar-refractivity contribution < 1.29 is 28.6 Å². The first kappa shape index (κ1) is 64.1. The number of ether oxygens (including phenoxy) is 3. The Morgan fingerprint density at radius 2 is 0.574 bits per heavy atom. The van der Waals surface area contributed by atoms with Crippen LogP contribution in [0.25, 0.3) is 0 Å². The van der Waals surface area contributed by atoms with Crippen molar-refractivity contribution in [3.8, 4) is 0 Å². The lowest BCUT2D eigenvalue weighted by Gasteiger charge is -2.18. The van der Waals surface area contributed by atoms with Crippen LogP contribution in [0.5, 0.6) is 0 Å². The van der Waals surface area contributed by atoms with Gasteiger partial charge in [0.05, 0.1) is 0 Å². The van der Waals surface area contributed by atoms with Gasteiger partial charge < -0.3 is 14.2 Å². The van der Waals surface area contributed by atoms with Crippen molar-refractivity contribution in [2.45, 2.75) is 252 Å². The monoisotopic (exact) mass is 943 g/mol. The maximum atomic E-state index is 12.8. The van der Waals surface area contributed by atoms with Crippen molar-refractivity contribution in [3.05, 3.63) is 109 Å². The molecule has 0 fully saturated rings. The molecule has 0 spiro atoms. The number of hydrogen-bond acceptors (Lipinski definition) is 6. The van der Waals surface area contributed by atoms with Gasteiger partial charge in [-0.3, -0.25) is 14.4 Å². The fraction of sp³-hybridized carbons (Fsp3) is 0.661. The van der Waals surface area contributed by atoms with Crippen LogP contribution in [-0.2, 0) is 28.6 Å². The molecule has 0 saturated carbocycles. The summed E-state index contributed by atoms with van der Waals surface area (Å²) in [4.78, 5) is 38.0. The van der Waals surface area contributed by atoms with Gasteiger partial charge in [0, 0.05) is 19.3 Å². The maximum Gasteiger partial charge on any atom is 0.306 e. The zero-order chi connectivity index (χ0) is 49.3. The van der Waals surface area contributed by atoms with Gasteiger partial charge in [0.1, 0.15) is 13.2 Å². The van der Waals surface area contributed by atoms with Crippen LogP contribution in [-0.4, -0.2) is 37.2 Å². The Morgan fingerprint density at radius 3 is 0.941 bits per heavy atom. The van der Waals surface area contributed by atoms with Crippen molar-refractivity contribution in [1.82, 2.24) is 0 Å². The van der Waals surface area contributed by atoms with E-state index in [1.54, 1.807) is 0 Å². The third-order valence-electron chi connectivity index (χ3n) is 11.5. The molecule has 0 amide bonds. The normalized spacial score (nSPS) is 12.9. The number of carbonyl (C=O) groups excluding carboxylic acids is 3. The summed E-state index contributed by atoms with van der Waals surface area (Å²) in [7, 11) is 0. The van der Waals surface area contributed by atoms with Crippen LogP contribution in [0, 0.1) is 0 Å². The van der Waals surface area contributed by atoms with Crippen molar-refractivity contribution in [3.63, 3.8) is 0 Å². The summed E-state index contributed by atoms with van der Waals surface area (Å²) in [5.41, 5.74) is 0. The first-order valence-electron chi connectivity index (χ1n) is 27.9. The second-order valence-corrected chi connectivity index (χ2v) is 18.1. The number of rotatable bonds is 49. The lowest BCUT2D eigenvalue weighted by Crippen LogP contribution is -2.30. The Labute approximate surface area is 419 Å². The highest BCUT2D eigenvalue weighted by Gasteiger charge is 2.19. The predicted octanol–water partition coefficient (Wildman–Crippen LogP) is 18.7. The summed E-state index contributed by atoms with van der Waals surface area (Å²) < 4.78 is 16.8. The number of esters is 3. The van der Waals surface area contributed by atoms with E-state index in [-0.39, 0.29) is 37.5 Å². The molecule has 0 saturated heterocycles. The minimum absolute atomic E-state index is 0.0994. The third-order valence-corrected chi connectivity index (χ3v) is 11.5. The molecule has 6 heteroatoms. The lowest BCUT2D eigenvalue weighted by atomic mass is 10.0. The van der Waals surface area contributed by atoms with Crippen molar-refractivity contribution in [1.29, 1.82) is 0 Å². The summed E-state index contributed by atoms with van der Waals surface area (Å²) >= 11 is 0. The van der Waals surface area contributed by atoms with E-state index >= 15 is 0 Å². The molecule has 0 aliphatic carbocycles. The quantitative estimate of drug-likeness (QED) is 0.0262. The van der Waals surface area contributed by atoms with Crippen LogP contribution in [0.4, 0.5) is 0 Å². The first-order chi connectivity index (χ1) is 33.5. The molecule has 0 aromatic rings. The molecule has 386 valence electrons. The Hall–Kier alpha value is -3.93. The topological polar surface area (TPSA) is 78.9 Å². The molecule has 0 aromatic carbocycles. The van der Waals surface area contributed by atoms with E-state index in [1.807, 2.05) is 0 Å². The molecule has 0 bridgehead atoms. The SMILES string of the molecule is CC/C=C\C/C=C\C/C=C\C/C=C\CCCCCCCCCCCCCCC(=O)OCC(COC(=O)CCCCCCC/C=C\CCC)OC(=O)CCCC/C=C\C/C=C\C/C=C\C/C=C\CC. The standard InChI is InChI=1S/C62H102O6/c1-4-7-10-13-16-19-22-24-26-27-28-29-30-31-32-33-34-35-37-38-40-43-46-49-52-55-61(64)67-58-59(57-66-60(63)54-51-48-45-42-21-18-15-12-9-6-3)68-62(65)56-53-50-47-44-41-39-36-25-23-20-17-14-11-8-5-2/h7-8,10-12,15-17,19-20,24-26,28-29,36,41,44,59H,4-6,9,13-14,18,21-23,27,30-35,37-40,42-43,45-58H2,1-3H3/b10-7-,11-8-,15-12-,19-16-,20-17-,26-24-,29-28-,36-25-,44-41-. The second kappa shape index (κ2) is 55.7. The molecule has 0 rings (SSSR count). The molecule has 0 aliphatic heterocycles. The molecule has 6 nitrogen and oxygen atoms in total. The predicted molar refractivity (Wildman–Crippen MR) is 293 cm³/mol. The Morgan fingerprint density at radius 1 is 0.309 bits per heavy atom. The number of carbonyl (C=O) groups is 3. The van der Waals surface area contributed by atoms with Crippen LogP contribution in [0.15, 0.2) is 109 Å². The van der Waals surface area contributed by atoms with Crippen LogP contribution in [0.3, 0.4) is 0 Å². The van der Waals surface area contributed by atoms with Crippen molar-refractivity contribution in [2.24, 2.45) is 0 Å². The van der Waals surface area contributed by atoms with E-state index in [1.165, 1.54) is 77.0 Å².